The Bertz CT molecular complexity index is 472. The first kappa shape index (κ1) is 11.3. The highest BCUT2D eigenvalue weighted by Crippen LogP contribution is 2.08. The largest absolute Gasteiger partial charge is 0.476 e. The van der Waals surface area contributed by atoms with Crippen molar-refractivity contribution < 1.29 is 18.3 Å². The summed E-state index contributed by atoms with van der Waals surface area (Å²) in [6.07, 6.45) is 2.33. The van der Waals surface area contributed by atoms with E-state index in [2.05, 4.69) is 9.97 Å². The van der Waals surface area contributed by atoms with Crippen molar-refractivity contribution in [3.05, 3.63) is 18.1 Å². The number of rotatable bonds is 4. The van der Waals surface area contributed by atoms with Crippen molar-refractivity contribution in [2.24, 2.45) is 0 Å². The molecule has 1 heterocycles. The highest BCUT2D eigenvalue weighted by atomic mass is 32.2. The third-order valence-electron chi connectivity index (χ3n) is 1.40. The second-order valence-corrected chi connectivity index (χ2v) is 3.99. The first-order valence-electron chi connectivity index (χ1n) is 3.72. The summed E-state index contributed by atoms with van der Waals surface area (Å²) in [5, 5.41) is 8.68. The van der Waals surface area contributed by atoms with Crippen molar-refractivity contribution in [2.75, 3.05) is 11.8 Å². The van der Waals surface area contributed by atoms with E-state index < -0.39 is 21.9 Å². The van der Waals surface area contributed by atoms with Crippen molar-refractivity contribution in [2.45, 2.75) is 0 Å². The van der Waals surface area contributed by atoms with E-state index in [4.69, 9.17) is 5.11 Å². The lowest BCUT2D eigenvalue weighted by Gasteiger charge is -2.06. The third-order valence-corrected chi connectivity index (χ3v) is 2.40. The highest BCUT2D eigenvalue weighted by Gasteiger charge is 2.16. The Labute approximate surface area is 85.6 Å². The van der Waals surface area contributed by atoms with Crippen LogP contribution in [0.5, 0.6) is 0 Å². The lowest BCUT2D eigenvalue weighted by Crippen LogP contribution is -2.28. The van der Waals surface area contributed by atoms with Crippen LogP contribution in [0, 0.1) is 0 Å². The van der Waals surface area contributed by atoms with Gasteiger partial charge in [0.25, 0.3) is 10.2 Å². The zero-order valence-corrected chi connectivity index (χ0v) is 8.45. The molecule has 15 heavy (non-hydrogen) atoms. The average Bonchev–Trinajstić information content (AvgIpc) is 2.18. The van der Waals surface area contributed by atoms with Gasteiger partial charge < -0.3 is 5.11 Å². The van der Waals surface area contributed by atoms with Gasteiger partial charge in [-0.2, -0.15) is 8.42 Å². The van der Waals surface area contributed by atoms with Crippen molar-refractivity contribution in [1.82, 2.24) is 14.7 Å². The summed E-state index contributed by atoms with van der Waals surface area (Å²) in [4.78, 5) is 17.7. The number of carboxylic acid groups (broad SMARTS) is 1. The second kappa shape index (κ2) is 4.19. The van der Waals surface area contributed by atoms with Crippen LogP contribution in [0.4, 0.5) is 5.82 Å². The smallest absolute Gasteiger partial charge is 0.358 e. The maximum absolute atomic E-state index is 11.1. The van der Waals surface area contributed by atoms with Crippen LogP contribution in [0.1, 0.15) is 10.5 Å². The summed E-state index contributed by atoms with van der Waals surface area (Å²) >= 11 is 0. The normalized spacial score (nSPS) is 11.0. The molecule has 0 fully saturated rings. The number of aromatic nitrogens is 2. The lowest BCUT2D eigenvalue weighted by atomic mass is 10.4. The van der Waals surface area contributed by atoms with Crippen molar-refractivity contribution in [3.63, 3.8) is 0 Å². The molecule has 0 aromatic carbocycles. The zero-order valence-electron chi connectivity index (χ0n) is 7.63. The Morgan fingerprint density at radius 2 is 2.00 bits per heavy atom. The van der Waals surface area contributed by atoms with E-state index in [9.17, 15) is 13.2 Å². The zero-order chi connectivity index (χ0) is 11.5. The Kier molecular flexibility index (Phi) is 3.17. The quantitative estimate of drug-likeness (QED) is 0.615. The SMILES string of the molecule is CNS(=O)(=O)Nc1nccnc1C(=O)O. The molecule has 0 unspecified atom stereocenters. The van der Waals surface area contributed by atoms with E-state index in [1.165, 1.54) is 13.2 Å². The van der Waals surface area contributed by atoms with Gasteiger partial charge in [0.05, 0.1) is 0 Å². The number of anilines is 1. The topological polar surface area (TPSA) is 121 Å². The Balaban J connectivity index is 3.10. The van der Waals surface area contributed by atoms with Crippen LogP contribution in [0.15, 0.2) is 12.4 Å². The molecule has 0 aliphatic rings. The van der Waals surface area contributed by atoms with Crippen LogP contribution in [-0.4, -0.2) is 36.5 Å². The van der Waals surface area contributed by atoms with E-state index >= 15 is 0 Å². The Hall–Kier alpha value is -1.74. The molecule has 1 rings (SSSR count). The summed E-state index contributed by atoms with van der Waals surface area (Å²) < 4.78 is 26.0. The summed E-state index contributed by atoms with van der Waals surface area (Å²) in [5.41, 5.74) is -0.462. The fourth-order valence-electron chi connectivity index (χ4n) is 0.748. The minimum absolute atomic E-state index is 0.334. The van der Waals surface area contributed by atoms with Gasteiger partial charge in [0, 0.05) is 19.4 Å². The second-order valence-electron chi connectivity index (χ2n) is 2.37. The van der Waals surface area contributed by atoms with Crippen molar-refractivity contribution in [3.8, 4) is 0 Å². The van der Waals surface area contributed by atoms with Crippen molar-refractivity contribution >= 4 is 22.0 Å². The number of nitrogens with one attached hydrogen (secondary N) is 2. The molecule has 0 aliphatic carbocycles. The summed E-state index contributed by atoms with van der Waals surface area (Å²) in [5.74, 6) is -1.70. The minimum atomic E-state index is -3.79. The molecule has 3 N–H and O–H groups in total. The summed E-state index contributed by atoms with van der Waals surface area (Å²) in [6, 6.07) is 0. The van der Waals surface area contributed by atoms with E-state index in [0.717, 1.165) is 6.20 Å². The molecule has 1 aromatic rings. The molecule has 8 nitrogen and oxygen atoms in total. The Morgan fingerprint density at radius 3 is 2.53 bits per heavy atom. The standard InChI is InChI=1S/C6H8N4O4S/c1-7-15(13,14)10-5-4(6(11)12)8-2-3-9-5/h2-3,7H,1H3,(H,9,10)(H,11,12). The Morgan fingerprint density at radius 1 is 1.40 bits per heavy atom. The first-order valence-corrected chi connectivity index (χ1v) is 5.20. The fraction of sp³-hybridized carbons (Fsp3) is 0.167. The fourth-order valence-corrected chi connectivity index (χ4v) is 1.25. The number of aromatic carboxylic acids is 1. The molecule has 9 heteroatoms. The number of carbonyl (C=O) groups is 1. The van der Waals surface area contributed by atoms with Gasteiger partial charge in [-0.05, 0) is 0 Å². The lowest BCUT2D eigenvalue weighted by molar-refractivity contribution is 0.0691. The predicted octanol–water partition coefficient (Wildman–Crippen LogP) is -0.949. The molecule has 0 atom stereocenters. The molecule has 1 aromatic heterocycles. The predicted molar refractivity (Wildman–Crippen MR) is 50.6 cm³/mol. The molecule has 0 bridgehead atoms. The van der Waals surface area contributed by atoms with E-state index in [-0.39, 0.29) is 5.82 Å². The van der Waals surface area contributed by atoms with Gasteiger partial charge in [0.1, 0.15) is 0 Å². The number of nitrogens with zero attached hydrogens (tertiary/aromatic N) is 2. The maximum atomic E-state index is 11.1. The van der Waals surface area contributed by atoms with Crippen LogP contribution in [0.2, 0.25) is 0 Å². The minimum Gasteiger partial charge on any atom is -0.476 e. The monoisotopic (exact) mass is 232 g/mol. The van der Waals surface area contributed by atoms with Gasteiger partial charge in [0.15, 0.2) is 11.5 Å². The van der Waals surface area contributed by atoms with E-state index in [1.54, 1.807) is 0 Å². The van der Waals surface area contributed by atoms with Crippen LogP contribution < -0.4 is 9.44 Å². The molecule has 0 saturated carbocycles. The van der Waals surface area contributed by atoms with Gasteiger partial charge in [-0.1, -0.05) is 0 Å². The van der Waals surface area contributed by atoms with Crippen molar-refractivity contribution in [1.29, 1.82) is 0 Å². The molecule has 0 radical (unpaired) electrons. The summed E-state index contributed by atoms with van der Waals surface area (Å²) in [7, 11) is -2.61. The van der Waals surface area contributed by atoms with Crippen LogP contribution in [-0.2, 0) is 10.2 Å². The van der Waals surface area contributed by atoms with Crippen LogP contribution in [0.3, 0.4) is 0 Å². The molecule has 0 saturated heterocycles. The highest BCUT2D eigenvalue weighted by molar-refractivity contribution is 7.90. The molecule has 0 spiro atoms. The molecular formula is C6H8N4O4S. The molecule has 82 valence electrons. The third kappa shape index (κ3) is 2.86. The van der Waals surface area contributed by atoms with E-state index in [0.29, 0.717) is 0 Å². The average molecular weight is 232 g/mol. The molecule has 0 aliphatic heterocycles. The summed E-state index contributed by atoms with van der Waals surface area (Å²) in [6.45, 7) is 0. The van der Waals surface area contributed by atoms with Gasteiger partial charge in [-0.25, -0.2) is 19.5 Å². The van der Waals surface area contributed by atoms with Gasteiger partial charge >= 0.3 is 5.97 Å². The van der Waals surface area contributed by atoms with Gasteiger partial charge in [-0.15, -0.1) is 0 Å². The van der Waals surface area contributed by atoms with E-state index in [1.807, 2.05) is 9.44 Å². The van der Waals surface area contributed by atoms with Crippen LogP contribution in [0.25, 0.3) is 0 Å². The van der Waals surface area contributed by atoms with Gasteiger partial charge in [0.2, 0.25) is 0 Å². The molecule has 0 amide bonds. The maximum Gasteiger partial charge on any atom is 0.358 e. The number of hydrogen-bond acceptors (Lipinski definition) is 5. The molecular weight excluding hydrogens is 224 g/mol. The van der Waals surface area contributed by atoms with Crippen LogP contribution >= 0.6 is 0 Å². The number of hydrogen-bond donors (Lipinski definition) is 3. The van der Waals surface area contributed by atoms with Gasteiger partial charge in [-0.3, -0.25) is 4.72 Å². The first-order chi connectivity index (χ1) is 6.96. The number of carboxylic acids is 1.